The lowest BCUT2D eigenvalue weighted by Crippen LogP contribution is -2.32. The first-order valence-electron chi connectivity index (χ1n) is 9.10. The number of nitrogens with zero attached hydrogens (tertiary/aromatic N) is 3. The van der Waals surface area contributed by atoms with Crippen molar-refractivity contribution >= 4 is 37.6 Å². The van der Waals surface area contributed by atoms with Gasteiger partial charge in [0.15, 0.2) is 0 Å². The zero-order valence-corrected chi connectivity index (χ0v) is 16.2. The fourth-order valence-corrected chi connectivity index (χ4v) is 4.76. The topological polar surface area (TPSA) is 80.2 Å². The maximum absolute atomic E-state index is 9.12. The molecule has 6 nitrogen and oxygen atoms in total. The molecule has 1 aliphatic heterocycles. The molecule has 0 saturated carbocycles. The number of anilines is 1. The highest BCUT2D eigenvalue weighted by Gasteiger charge is 2.31. The number of aryl methyl sites for hydroxylation is 1. The van der Waals surface area contributed by atoms with E-state index in [1.54, 1.807) is 17.7 Å². The summed E-state index contributed by atoms with van der Waals surface area (Å²) in [7, 11) is 0. The molecular formula is C19H24N4O2S. The van der Waals surface area contributed by atoms with Crippen LogP contribution >= 0.6 is 11.3 Å². The average molecular weight is 372 g/mol. The summed E-state index contributed by atoms with van der Waals surface area (Å²) in [5.74, 6) is 0.768. The molecule has 2 N–H and O–H groups in total. The lowest BCUT2D eigenvalue weighted by molar-refractivity contribution is -0.0401. The Morgan fingerprint density at radius 2 is 2.15 bits per heavy atom. The summed E-state index contributed by atoms with van der Waals surface area (Å²) in [6.45, 7) is 7.60. The summed E-state index contributed by atoms with van der Waals surface area (Å²) in [6.07, 6.45) is 4.46. The largest absolute Gasteiger partial charge is 0.395 e. The van der Waals surface area contributed by atoms with Crippen molar-refractivity contribution in [2.45, 2.75) is 52.2 Å². The molecule has 0 unspecified atom stereocenters. The molecule has 138 valence electrons. The van der Waals surface area contributed by atoms with E-state index >= 15 is 0 Å². The number of aromatic nitrogens is 3. The van der Waals surface area contributed by atoms with E-state index in [0.29, 0.717) is 13.2 Å². The van der Waals surface area contributed by atoms with Crippen molar-refractivity contribution in [2.75, 3.05) is 18.5 Å². The number of hydrogen-bond donors (Lipinski definition) is 2. The van der Waals surface area contributed by atoms with Crippen LogP contribution in [-0.4, -0.2) is 38.8 Å². The lowest BCUT2D eigenvalue weighted by Gasteiger charge is -2.33. The van der Waals surface area contributed by atoms with E-state index in [1.807, 2.05) is 0 Å². The van der Waals surface area contributed by atoms with Gasteiger partial charge in [0.05, 0.1) is 29.0 Å². The number of rotatable bonds is 5. The minimum atomic E-state index is -0.190. The van der Waals surface area contributed by atoms with E-state index in [0.717, 1.165) is 51.2 Å². The third-order valence-corrected chi connectivity index (χ3v) is 5.88. The smallest absolute Gasteiger partial charge is 0.147 e. The average Bonchev–Trinajstić information content (AvgIpc) is 2.98. The Labute approximate surface area is 156 Å². The predicted molar refractivity (Wildman–Crippen MR) is 105 cm³/mol. The number of aliphatic hydroxyl groups excluding tert-OH is 1. The molecule has 26 heavy (non-hydrogen) atoms. The third-order valence-electron chi connectivity index (χ3n) is 4.80. The van der Waals surface area contributed by atoms with Crippen LogP contribution in [-0.2, 0) is 24.2 Å². The van der Waals surface area contributed by atoms with Gasteiger partial charge in [0.2, 0.25) is 0 Å². The molecule has 0 atom stereocenters. The summed E-state index contributed by atoms with van der Waals surface area (Å²) in [6, 6.07) is 0. The van der Waals surface area contributed by atoms with E-state index in [1.165, 1.54) is 11.1 Å². The number of fused-ring (bicyclic) bond motifs is 5. The van der Waals surface area contributed by atoms with Crippen molar-refractivity contribution in [1.29, 1.82) is 0 Å². The molecular weight excluding hydrogens is 348 g/mol. The van der Waals surface area contributed by atoms with Crippen molar-refractivity contribution in [3.8, 4) is 0 Å². The molecule has 1 aliphatic rings. The first kappa shape index (κ1) is 17.6. The standard InChI is InChI=1S/C19H24N4O2S/c1-4-5-13-12-9-25-19(2,3)8-11(12)14-15-16(26-18(14)23-13)17(20-6-7-24)22-10-21-15/h10,24H,4-9H2,1-3H3,(H,20,21,22). The Kier molecular flexibility index (Phi) is 4.54. The third kappa shape index (κ3) is 2.94. The van der Waals surface area contributed by atoms with Crippen molar-refractivity contribution in [3.63, 3.8) is 0 Å². The number of nitrogens with one attached hydrogen (secondary N) is 1. The van der Waals surface area contributed by atoms with Crippen molar-refractivity contribution in [3.05, 3.63) is 23.1 Å². The molecule has 0 fully saturated rings. The van der Waals surface area contributed by atoms with Gasteiger partial charge in [-0.1, -0.05) is 13.3 Å². The zero-order valence-electron chi connectivity index (χ0n) is 15.4. The van der Waals surface area contributed by atoms with Gasteiger partial charge >= 0.3 is 0 Å². The SMILES string of the molecule is CCCc1nc2sc3c(NCCO)ncnc3c2c2c1COC(C)(C)C2. The monoisotopic (exact) mass is 372 g/mol. The Hall–Kier alpha value is -1.83. The maximum atomic E-state index is 9.12. The van der Waals surface area contributed by atoms with Gasteiger partial charge in [-0.3, -0.25) is 0 Å². The van der Waals surface area contributed by atoms with Crippen molar-refractivity contribution in [1.82, 2.24) is 15.0 Å². The summed E-state index contributed by atoms with van der Waals surface area (Å²) in [5, 5.41) is 13.5. The summed E-state index contributed by atoms with van der Waals surface area (Å²) in [4.78, 5) is 14.9. The highest BCUT2D eigenvalue weighted by Crippen LogP contribution is 2.42. The molecule has 0 bridgehead atoms. The minimum Gasteiger partial charge on any atom is -0.395 e. The molecule has 0 aromatic carbocycles. The van der Waals surface area contributed by atoms with Gasteiger partial charge in [-0.05, 0) is 25.8 Å². The van der Waals surface area contributed by atoms with E-state index < -0.39 is 0 Å². The number of pyridine rings is 1. The van der Waals surface area contributed by atoms with Crippen LogP contribution in [0.3, 0.4) is 0 Å². The Morgan fingerprint density at radius 1 is 1.31 bits per heavy atom. The molecule has 3 aromatic rings. The molecule has 0 saturated heterocycles. The second-order valence-electron chi connectivity index (χ2n) is 7.32. The zero-order chi connectivity index (χ0) is 18.3. The predicted octanol–water partition coefficient (Wildman–Crippen LogP) is 3.45. The highest BCUT2D eigenvalue weighted by atomic mass is 32.1. The van der Waals surface area contributed by atoms with Crippen molar-refractivity contribution in [2.24, 2.45) is 0 Å². The normalized spacial score (nSPS) is 16.2. The van der Waals surface area contributed by atoms with Crippen LogP contribution in [0.25, 0.3) is 20.4 Å². The van der Waals surface area contributed by atoms with Crippen LogP contribution in [0.15, 0.2) is 6.33 Å². The molecule has 3 aromatic heterocycles. The molecule has 4 rings (SSSR count). The summed E-state index contributed by atoms with van der Waals surface area (Å²) < 4.78 is 7.09. The summed E-state index contributed by atoms with van der Waals surface area (Å²) >= 11 is 1.63. The number of thiophene rings is 1. The van der Waals surface area contributed by atoms with E-state index in [2.05, 4.69) is 36.1 Å². The summed E-state index contributed by atoms with van der Waals surface area (Å²) in [5.41, 5.74) is 4.47. The van der Waals surface area contributed by atoms with Gasteiger partial charge < -0.3 is 15.2 Å². The van der Waals surface area contributed by atoms with Crippen LogP contribution in [0, 0.1) is 0 Å². The maximum Gasteiger partial charge on any atom is 0.147 e. The number of ether oxygens (including phenoxy) is 1. The van der Waals surface area contributed by atoms with Gasteiger partial charge in [0, 0.05) is 29.6 Å². The van der Waals surface area contributed by atoms with Gasteiger partial charge in [-0.25, -0.2) is 15.0 Å². The van der Waals surface area contributed by atoms with Crippen LogP contribution in [0.5, 0.6) is 0 Å². The molecule has 0 radical (unpaired) electrons. The Bertz CT molecular complexity index is 967. The molecule has 0 aliphatic carbocycles. The minimum absolute atomic E-state index is 0.0657. The molecule has 4 heterocycles. The molecule has 7 heteroatoms. The Morgan fingerprint density at radius 3 is 2.92 bits per heavy atom. The van der Waals surface area contributed by atoms with E-state index in [4.69, 9.17) is 14.8 Å². The van der Waals surface area contributed by atoms with Gasteiger partial charge in [-0.2, -0.15) is 0 Å². The quantitative estimate of drug-likeness (QED) is 0.714. The molecule has 0 spiro atoms. The first-order chi connectivity index (χ1) is 12.5. The van der Waals surface area contributed by atoms with Crippen LogP contribution in [0.1, 0.15) is 44.0 Å². The van der Waals surface area contributed by atoms with Crippen molar-refractivity contribution < 1.29 is 9.84 Å². The molecule has 0 amide bonds. The first-order valence-corrected chi connectivity index (χ1v) is 9.92. The number of aliphatic hydroxyl groups is 1. The van der Waals surface area contributed by atoms with E-state index in [9.17, 15) is 0 Å². The van der Waals surface area contributed by atoms with E-state index in [-0.39, 0.29) is 12.2 Å². The van der Waals surface area contributed by atoms with Gasteiger partial charge in [-0.15, -0.1) is 11.3 Å². The van der Waals surface area contributed by atoms with Crippen LogP contribution in [0.2, 0.25) is 0 Å². The van der Waals surface area contributed by atoms with Gasteiger partial charge in [0.25, 0.3) is 0 Å². The lowest BCUT2D eigenvalue weighted by atomic mass is 9.88. The van der Waals surface area contributed by atoms with Crippen LogP contribution < -0.4 is 5.32 Å². The fourth-order valence-electron chi connectivity index (χ4n) is 3.62. The Balaban J connectivity index is 2.00. The highest BCUT2D eigenvalue weighted by molar-refractivity contribution is 7.26. The number of hydrogen-bond acceptors (Lipinski definition) is 7. The van der Waals surface area contributed by atoms with Gasteiger partial charge in [0.1, 0.15) is 17.0 Å². The second-order valence-corrected chi connectivity index (χ2v) is 8.32. The van der Waals surface area contributed by atoms with Crippen LogP contribution in [0.4, 0.5) is 5.82 Å². The fraction of sp³-hybridized carbons (Fsp3) is 0.526. The second kappa shape index (κ2) is 6.72.